The lowest BCUT2D eigenvalue weighted by atomic mass is 9.84. The molecular formula is C25H23FN6O2. The molecule has 0 radical (unpaired) electrons. The standard InChI is InChI=1S/C25H23FN6O2/c1-13-3-2-4-20-23(13)17-8-16(5-6-19(17)30-20)29-22-9-21(14-7-15(26)11-27-10-14)31-24-18(25(33)34)12-28-32(22)24/h2,4,7,9-13,16,29-30H,3,5-6,8H2,1H3,(H,33,34)/t13?,16-/m1/s1. The van der Waals surface area contributed by atoms with Crippen molar-refractivity contribution in [1.82, 2.24) is 24.6 Å². The van der Waals surface area contributed by atoms with Crippen molar-refractivity contribution in [2.75, 3.05) is 5.32 Å². The minimum absolute atomic E-state index is 0.0134. The van der Waals surface area contributed by atoms with Crippen LogP contribution in [0.15, 0.2) is 36.8 Å². The van der Waals surface area contributed by atoms with Crippen LogP contribution in [0.3, 0.4) is 0 Å². The van der Waals surface area contributed by atoms with Gasteiger partial charge in [-0.1, -0.05) is 13.0 Å². The first-order chi connectivity index (χ1) is 16.5. The second-order valence-corrected chi connectivity index (χ2v) is 9.05. The Bertz CT molecular complexity index is 1470. The summed E-state index contributed by atoms with van der Waals surface area (Å²) in [6, 6.07) is 3.24. The second-order valence-electron chi connectivity index (χ2n) is 9.05. The van der Waals surface area contributed by atoms with Gasteiger partial charge in [-0.05, 0) is 54.9 Å². The quantitative estimate of drug-likeness (QED) is 0.417. The van der Waals surface area contributed by atoms with E-state index in [1.807, 2.05) is 0 Å². The Labute approximate surface area is 194 Å². The number of carboxylic acid groups (broad SMARTS) is 1. The summed E-state index contributed by atoms with van der Waals surface area (Å²) in [5, 5.41) is 17.5. The van der Waals surface area contributed by atoms with Crippen LogP contribution in [0.2, 0.25) is 0 Å². The van der Waals surface area contributed by atoms with Gasteiger partial charge < -0.3 is 15.4 Å². The van der Waals surface area contributed by atoms with E-state index in [0.717, 1.165) is 31.9 Å². The molecule has 3 N–H and O–H groups in total. The predicted octanol–water partition coefficient (Wildman–Crippen LogP) is 4.45. The van der Waals surface area contributed by atoms with Crippen molar-refractivity contribution in [3.05, 3.63) is 70.7 Å². The van der Waals surface area contributed by atoms with Gasteiger partial charge in [-0.25, -0.2) is 14.2 Å². The van der Waals surface area contributed by atoms with E-state index in [2.05, 4.69) is 44.4 Å². The molecule has 34 heavy (non-hydrogen) atoms. The van der Waals surface area contributed by atoms with Crippen LogP contribution < -0.4 is 5.32 Å². The number of rotatable bonds is 4. The molecule has 1 unspecified atom stereocenters. The van der Waals surface area contributed by atoms with Crippen molar-refractivity contribution < 1.29 is 14.3 Å². The average molecular weight is 458 g/mol. The first kappa shape index (κ1) is 20.6. The second kappa shape index (κ2) is 7.79. The summed E-state index contributed by atoms with van der Waals surface area (Å²) in [5.74, 6) is -0.516. The molecule has 0 saturated carbocycles. The molecule has 2 aliphatic rings. The fourth-order valence-electron chi connectivity index (χ4n) is 5.19. The number of fused-ring (bicyclic) bond motifs is 4. The number of H-pyrrole nitrogens is 1. The van der Waals surface area contributed by atoms with E-state index in [9.17, 15) is 14.3 Å². The maximum atomic E-state index is 13.8. The normalized spacial score (nSPS) is 19.1. The molecule has 0 saturated heterocycles. The summed E-state index contributed by atoms with van der Waals surface area (Å²) < 4.78 is 15.3. The van der Waals surface area contributed by atoms with Crippen LogP contribution >= 0.6 is 0 Å². The minimum Gasteiger partial charge on any atom is -0.477 e. The number of halogens is 1. The third-order valence-corrected chi connectivity index (χ3v) is 6.78. The number of anilines is 1. The van der Waals surface area contributed by atoms with E-state index in [4.69, 9.17) is 0 Å². The average Bonchev–Trinajstić information content (AvgIpc) is 3.41. The SMILES string of the molecule is CC1CC=Cc2[nH]c3c(c21)C[C@H](Nc1cc(-c2cncc(F)c2)nc2c(C(=O)O)cnn12)CC3. The maximum absolute atomic E-state index is 13.8. The van der Waals surface area contributed by atoms with Gasteiger partial charge in [0, 0.05) is 35.3 Å². The van der Waals surface area contributed by atoms with Crippen LogP contribution in [0.5, 0.6) is 0 Å². The minimum atomic E-state index is -1.12. The van der Waals surface area contributed by atoms with Crippen LogP contribution in [0, 0.1) is 5.82 Å². The topological polar surface area (TPSA) is 108 Å². The summed E-state index contributed by atoms with van der Waals surface area (Å²) in [7, 11) is 0. The van der Waals surface area contributed by atoms with Crippen LogP contribution in [0.1, 0.15) is 58.6 Å². The Kier molecular flexibility index (Phi) is 4.72. The molecule has 0 amide bonds. The van der Waals surface area contributed by atoms with E-state index < -0.39 is 11.8 Å². The number of hydrogen-bond acceptors (Lipinski definition) is 5. The number of aromatic nitrogens is 5. The Morgan fingerprint density at radius 1 is 1.29 bits per heavy atom. The Morgan fingerprint density at radius 2 is 2.18 bits per heavy atom. The van der Waals surface area contributed by atoms with Crippen LogP contribution in [0.4, 0.5) is 10.2 Å². The summed E-state index contributed by atoms with van der Waals surface area (Å²) in [6.45, 7) is 2.26. The third kappa shape index (κ3) is 3.35. The summed E-state index contributed by atoms with van der Waals surface area (Å²) >= 11 is 0. The number of carboxylic acids is 1. The number of carbonyl (C=O) groups is 1. The summed E-state index contributed by atoms with van der Waals surface area (Å²) in [6.07, 6.45) is 12.1. The molecule has 0 aliphatic heterocycles. The molecule has 2 atom stereocenters. The summed E-state index contributed by atoms with van der Waals surface area (Å²) in [5.41, 5.74) is 6.39. The Balaban J connectivity index is 1.40. The lowest BCUT2D eigenvalue weighted by Crippen LogP contribution is -2.29. The van der Waals surface area contributed by atoms with Gasteiger partial charge in [0.15, 0.2) is 5.65 Å². The van der Waals surface area contributed by atoms with Crippen molar-refractivity contribution in [2.24, 2.45) is 0 Å². The van der Waals surface area contributed by atoms with Gasteiger partial charge >= 0.3 is 5.97 Å². The molecular weight excluding hydrogens is 435 g/mol. The van der Waals surface area contributed by atoms with Gasteiger partial charge in [-0.15, -0.1) is 0 Å². The number of aromatic carboxylic acids is 1. The molecule has 0 bridgehead atoms. The van der Waals surface area contributed by atoms with Gasteiger partial charge in [0.05, 0.1) is 18.1 Å². The lowest BCUT2D eigenvalue weighted by Gasteiger charge is -2.27. The molecule has 172 valence electrons. The van der Waals surface area contributed by atoms with Gasteiger partial charge in [0.25, 0.3) is 0 Å². The van der Waals surface area contributed by atoms with Crippen molar-refractivity contribution in [3.63, 3.8) is 0 Å². The Hall–Kier alpha value is -4.01. The highest BCUT2D eigenvalue weighted by Crippen LogP contribution is 2.38. The zero-order chi connectivity index (χ0) is 23.4. The fraction of sp³-hybridized carbons (Fsp3) is 0.280. The number of pyridine rings is 1. The smallest absolute Gasteiger partial charge is 0.341 e. The van der Waals surface area contributed by atoms with Gasteiger partial charge in [0.2, 0.25) is 0 Å². The van der Waals surface area contributed by atoms with Gasteiger partial charge in [-0.2, -0.15) is 9.61 Å². The first-order valence-corrected chi connectivity index (χ1v) is 11.4. The van der Waals surface area contributed by atoms with E-state index in [1.54, 1.807) is 6.07 Å². The lowest BCUT2D eigenvalue weighted by molar-refractivity contribution is 0.0698. The van der Waals surface area contributed by atoms with Crippen molar-refractivity contribution in [3.8, 4) is 11.3 Å². The molecule has 6 rings (SSSR count). The summed E-state index contributed by atoms with van der Waals surface area (Å²) in [4.78, 5) is 23.8. The highest BCUT2D eigenvalue weighted by molar-refractivity contribution is 5.94. The molecule has 4 aromatic heterocycles. The van der Waals surface area contributed by atoms with Crippen molar-refractivity contribution >= 4 is 23.5 Å². The molecule has 4 heterocycles. The number of nitrogens with zero attached hydrogens (tertiary/aromatic N) is 4. The third-order valence-electron chi connectivity index (χ3n) is 6.78. The van der Waals surface area contributed by atoms with Crippen molar-refractivity contribution in [1.29, 1.82) is 0 Å². The molecule has 0 fully saturated rings. The molecule has 8 nitrogen and oxygen atoms in total. The van der Waals surface area contributed by atoms with E-state index in [0.29, 0.717) is 23.0 Å². The molecule has 9 heteroatoms. The molecule has 4 aromatic rings. The van der Waals surface area contributed by atoms with E-state index in [1.165, 1.54) is 45.5 Å². The number of nitrogens with one attached hydrogen (secondary N) is 2. The van der Waals surface area contributed by atoms with Gasteiger partial charge in [0.1, 0.15) is 17.2 Å². The Morgan fingerprint density at radius 3 is 3.00 bits per heavy atom. The van der Waals surface area contributed by atoms with E-state index >= 15 is 0 Å². The number of allylic oxidation sites excluding steroid dienone is 1. The zero-order valence-electron chi connectivity index (χ0n) is 18.5. The molecule has 0 aromatic carbocycles. The van der Waals surface area contributed by atoms with Crippen LogP contribution in [-0.4, -0.2) is 41.7 Å². The molecule has 2 aliphatic carbocycles. The number of aromatic amines is 1. The maximum Gasteiger partial charge on any atom is 0.341 e. The fourth-order valence-corrected chi connectivity index (χ4v) is 5.19. The highest BCUT2D eigenvalue weighted by Gasteiger charge is 2.29. The zero-order valence-corrected chi connectivity index (χ0v) is 18.5. The van der Waals surface area contributed by atoms with Gasteiger partial charge in [-0.3, -0.25) is 4.98 Å². The van der Waals surface area contributed by atoms with Crippen LogP contribution in [0.25, 0.3) is 23.0 Å². The van der Waals surface area contributed by atoms with E-state index in [-0.39, 0.29) is 17.3 Å². The molecule has 0 spiro atoms. The largest absolute Gasteiger partial charge is 0.477 e. The van der Waals surface area contributed by atoms with Crippen molar-refractivity contribution in [2.45, 2.75) is 44.6 Å². The number of aryl methyl sites for hydroxylation is 1. The van der Waals surface area contributed by atoms with Crippen LogP contribution in [-0.2, 0) is 12.8 Å². The number of hydrogen-bond donors (Lipinski definition) is 3. The first-order valence-electron chi connectivity index (χ1n) is 11.4. The predicted molar refractivity (Wildman–Crippen MR) is 125 cm³/mol. The monoisotopic (exact) mass is 458 g/mol. The highest BCUT2D eigenvalue weighted by atomic mass is 19.1.